The molecule has 0 aliphatic carbocycles. The van der Waals surface area contributed by atoms with Crippen molar-refractivity contribution in [2.24, 2.45) is 0 Å². The van der Waals surface area contributed by atoms with E-state index in [-0.39, 0.29) is 11.3 Å². The van der Waals surface area contributed by atoms with E-state index >= 15 is 0 Å². The van der Waals surface area contributed by atoms with Crippen molar-refractivity contribution in [3.05, 3.63) is 39.9 Å². The molecular weight excluding hydrogens is 463 g/mol. The number of non-ortho nitro benzene ring substituents is 1. The zero-order valence-electron chi connectivity index (χ0n) is 15.8. The number of benzene rings is 1. The van der Waals surface area contributed by atoms with Crippen molar-refractivity contribution in [2.75, 3.05) is 13.2 Å². The minimum Gasteiger partial charge on any atom is -0.394 e. The summed E-state index contributed by atoms with van der Waals surface area (Å²) in [6.45, 7) is -1.16. The normalized spacial score (nSPS) is 28.2. The van der Waals surface area contributed by atoms with E-state index < -0.39 is 71.7 Å². The highest BCUT2D eigenvalue weighted by atomic mass is 35.5. The average molecular weight is 485 g/mol. The van der Waals surface area contributed by atoms with Crippen molar-refractivity contribution in [2.45, 2.75) is 47.7 Å². The second-order valence-corrected chi connectivity index (χ2v) is 7.84. The maximum Gasteiger partial charge on any atom is 0.269 e. The highest BCUT2D eigenvalue weighted by Crippen LogP contribution is 2.25. The zero-order valence-corrected chi connectivity index (χ0v) is 17.3. The van der Waals surface area contributed by atoms with Gasteiger partial charge in [0, 0.05) is 12.1 Å². The van der Waals surface area contributed by atoms with E-state index in [0.717, 1.165) is 12.1 Å². The van der Waals surface area contributed by atoms with E-state index in [1.165, 1.54) is 12.1 Å². The Labute approximate surface area is 186 Å². The second kappa shape index (κ2) is 11.3. The molecule has 174 valence electrons. The number of hydrogen-bond acceptors (Lipinski definition) is 10. The van der Waals surface area contributed by atoms with Gasteiger partial charge >= 0.3 is 0 Å². The summed E-state index contributed by atoms with van der Waals surface area (Å²) in [4.78, 5) is 20.6. The molecular formula is C17H22Cl2N2O10. The minimum atomic E-state index is -1.69. The molecule has 0 bridgehead atoms. The molecule has 1 amide bonds. The molecule has 0 spiro atoms. The Morgan fingerprint density at radius 2 is 1.81 bits per heavy atom. The number of carbonyl (C=O) groups is 1. The molecule has 7 atom stereocenters. The van der Waals surface area contributed by atoms with E-state index in [0.29, 0.717) is 0 Å². The molecule has 0 saturated carbocycles. The molecule has 2 rings (SSSR count). The predicted molar refractivity (Wildman–Crippen MR) is 105 cm³/mol. The summed E-state index contributed by atoms with van der Waals surface area (Å²) in [5.74, 6) is -0.869. The third kappa shape index (κ3) is 6.44. The number of nitro benzene ring substituents is 1. The van der Waals surface area contributed by atoms with Gasteiger partial charge in [-0.3, -0.25) is 14.9 Å². The molecule has 1 heterocycles. The van der Waals surface area contributed by atoms with Crippen molar-refractivity contribution >= 4 is 34.8 Å². The van der Waals surface area contributed by atoms with Gasteiger partial charge in [-0.15, -0.1) is 0 Å². The van der Waals surface area contributed by atoms with Crippen LogP contribution in [0.1, 0.15) is 11.7 Å². The molecule has 6 N–H and O–H groups in total. The summed E-state index contributed by atoms with van der Waals surface area (Å²) < 4.78 is 10.6. The number of carbonyl (C=O) groups excluding carboxylic acids is 1. The fourth-order valence-electron chi connectivity index (χ4n) is 2.89. The first-order valence-corrected chi connectivity index (χ1v) is 9.87. The number of hydrogen-bond donors (Lipinski definition) is 6. The van der Waals surface area contributed by atoms with Gasteiger partial charge in [-0.1, -0.05) is 23.2 Å². The first-order valence-electron chi connectivity index (χ1n) is 8.99. The lowest BCUT2D eigenvalue weighted by Gasteiger charge is -2.40. The lowest BCUT2D eigenvalue weighted by molar-refractivity contribution is -0.384. The topological polar surface area (TPSA) is 192 Å². The van der Waals surface area contributed by atoms with E-state index in [4.69, 9.17) is 32.7 Å². The maximum atomic E-state index is 11.9. The fraction of sp³-hybridized carbons (Fsp3) is 0.588. The van der Waals surface area contributed by atoms with E-state index in [2.05, 4.69) is 5.32 Å². The Hall–Kier alpha value is -1.61. The van der Waals surface area contributed by atoms with Crippen LogP contribution in [0.3, 0.4) is 0 Å². The Kier molecular flexibility index (Phi) is 9.36. The molecule has 2 unspecified atom stereocenters. The van der Waals surface area contributed by atoms with Gasteiger partial charge < -0.3 is 40.3 Å². The first kappa shape index (κ1) is 25.6. The quantitative estimate of drug-likeness (QED) is 0.140. The third-order valence-corrected chi connectivity index (χ3v) is 5.04. The van der Waals surface area contributed by atoms with Crippen molar-refractivity contribution < 1.29 is 44.7 Å². The van der Waals surface area contributed by atoms with Crippen LogP contribution in [0, 0.1) is 10.1 Å². The van der Waals surface area contributed by atoms with E-state index in [1.54, 1.807) is 0 Å². The molecule has 1 aliphatic heterocycles. The Bertz CT molecular complexity index is 751. The number of nitrogens with zero attached hydrogens (tertiary/aromatic N) is 1. The van der Waals surface area contributed by atoms with Crippen LogP contribution in [0.15, 0.2) is 24.3 Å². The smallest absolute Gasteiger partial charge is 0.269 e. The number of alkyl halides is 2. The highest BCUT2D eigenvalue weighted by molar-refractivity contribution is 6.53. The van der Waals surface area contributed by atoms with E-state index in [1.807, 2.05) is 0 Å². The van der Waals surface area contributed by atoms with Crippen LogP contribution in [-0.2, 0) is 14.3 Å². The monoisotopic (exact) mass is 484 g/mol. The summed E-state index contributed by atoms with van der Waals surface area (Å²) in [6.07, 6.45) is -9.14. The standard InChI is InChI=1S/C17H22Cl2N2O10/c18-15(19)16(27)20-9(11(23)7-1-3-8(4-2-7)21(28)29)6-30-17-14(26)13(25)12(24)10(5-22)31-17/h1-4,9-15,17,22-26H,5-6H2,(H,20,27)/t9?,10-,11?,12+,13+,14-,17-/m1/s1. The van der Waals surface area contributed by atoms with Crippen molar-refractivity contribution in [3.63, 3.8) is 0 Å². The number of aliphatic hydroxyl groups is 5. The molecule has 1 aliphatic rings. The largest absolute Gasteiger partial charge is 0.394 e. The van der Waals surface area contributed by atoms with Gasteiger partial charge in [-0.05, 0) is 17.7 Å². The molecule has 1 saturated heterocycles. The summed E-state index contributed by atoms with van der Waals surface area (Å²) in [6, 6.07) is 3.65. The SMILES string of the molecule is O=C(NC(CO[C@@H]1O[C@H](CO)[C@H](O)[C@H](O)[C@H]1O)C(O)c1ccc([N+](=O)[O-])cc1)C(Cl)Cl. The molecule has 0 aromatic heterocycles. The second-order valence-electron chi connectivity index (χ2n) is 6.74. The van der Waals surface area contributed by atoms with E-state index in [9.17, 15) is 40.4 Å². The van der Waals surface area contributed by atoms with Crippen LogP contribution >= 0.6 is 23.2 Å². The molecule has 0 radical (unpaired) electrons. The Balaban J connectivity index is 2.15. The molecule has 1 aromatic rings. The number of nitrogens with one attached hydrogen (secondary N) is 1. The van der Waals surface area contributed by atoms with Gasteiger partial charge in [0.2, 0.25) is 0 Å². The van der Waals surface area contributed by atoms with Gasteiger partial charge in [0.15, 0.2) is 11.1 Å². The van der Waals surface area contributed by atoms with Gasteiger partial charge in [0.25, 0.3) is 11.6 Å². The van der Waals surface area contributed by atoms with Crippen molar-refractivity contribution in [1.29, 1.82) is 0 Å². The molecule has 12 nitrogen and oxygen atoms in total. The van der Waals surface area contributed by atoms with Crippen molar-refractivity contribution in [1.82, 2.24) is 5.32 Å². The van der Waals surface area contributed by atoms with Crippen LogP contribution in [0.25, 0.3) is 0 Å². The van der Waals surface area contributed by atoms with Gasteiger partial charge in [-0.2, -0.15) is 0 Å². The minimum absolute atomic E-state index is 0.189. The Morgan fingerprint density at radius 3 is 2.32 bits per heavy atom. The predicted octanol–water partition coefficient (Wildman–Crippen LogP) is -1.27. The summed E-state index contributed by atoms with van der Waals surface area (Å²) >= 11 is 11.1. The molecule has 31 heavy (non-hydrogen) atoms. The lowest BCUT2D eigenvalue weighted by atomic mass is 9.99. The maximum absolute atomic E-state index is 11.9. The van der Waals surface area contributed by atoms with Crippen LogP contribution < -0.4 is 5.32 Å². The zero-order chi connectivity index (χ0) is 23.3. The third-order valence-electron chi connectivity index (χ3n) is 4.64. The first-order chi connectivity index (χ1) is 14.6. The molecule has 14 heteroatoms. The number of halogens is 2. The summed E-state index contributed by atoms with van der Waals surface area (Å²) in [7, 11) is 0. The number of aliphatic hydroxyl groups excluding tert-OH is 5. The Morgan fingerprint density at radius 1 is 1.19 bits per heavy atom. The summed E-state index contributed by atoms with van der Waals surface area (Å²) in [5.41, 5.74) is -0.0234. The summed E-state index contributed by atoms with van der Waals surface area (Å²) in [5, 5.41) is 62.7. The van der Waals surface area contributed by atoms with Gasteiger partial charge in [-0.25, -0.2) is 0 Å². The number of rotatable bonds is 9. The van der Waals surface area contributed by atoms with Crippen LogP contribution in [-0.4, -0.2) is 91.2 Å². The lowest BCUT2D eigenvalue weighted by Crippen LogP contribution is -2.59. The number of ether oxygens (including phenoxy) is 2. The van der Waals surface area contributed by atoms with Crippen molar-refractivity contribution in [3.8, 4) is 0 Å². The average Bonchev–Trinajstić information content (AvgIpc) is 2.75. The number of amides is 1. The highest BCUT2D eigenvalue weighted by Gasteiger charge is 2.44. The van der Waals surface area contributed by atoms with Gasteiger partial charge in [0.05, 0.1) is 24.2 Å². The van der Waals surface area contributed by atoms with Crippen LogP contribution in [0.4, 0.5) is 5.69 Å². The van der Waals surface area contributed by atoms with Crippen LogP contribution in [0.2, 0.25) is 0 Å². The van der Waals surface area contributed by atoms with Gasteiger partial charge in [0.1, 0.15) is 30.5 Å². The molecule has 1 aromatic carbocycles. The van der Waals surface area contributed by atoms with Crippen LogP contribution in [0.5, 0.6) is 0 Å². The fourth-order valence-corrected chi connectivity index (χ4v) is 3.01. The number of nitro groups is 1. The molecule has 1 fully saturated rings.